The molecule has 2 amide bonds. The fourth-order valence-corrected chi connectivity index (χ4v) is 3.92. The van der Waals surface area contributed by atoms with Crippen LogP contribution in [0.1, 0.15) is 13.3 Å². The van der Waals surface area contributed by atoms with E-state index in [1.807, 2.05) is 31.2 Å². The van der Waals surface area contributed by atoms with Crippen molar-refractivity contribution in [3.8, 4) is 0 Å². The number of fused-ring (bicyclic) bond motifs is 1. The Kier molecular flexibility index (Phi) is 5.11. The van der Waals surface area contributed by atoms with Crippen molar-refractivity contribution in [2.45, 2.75) is 23.5 Å². The van der Waals surface area contributed by atoms with Gasteiger partial charge in [0.1, 0.15) is 6.54 Å². The molecular weight excluding hydrogens is 344 g/mol. The topological polar surface area (TPSA) is 49.4 Å². The van der Waals surface area contributed by atoms with Gasteiger partial charge in [-0.05, 0) is 30.3 Å². The monoisotopic (exact) mass is 360 g/mol. The minimum absolute atomic E-state index is 0.0182. The molecule has 0 spiro atoms. The predicted molar refractivity (Wildman–Crippen MR) is 98.8 cm³/mol. The van der Waals surface area contributed by atoms with Crippen LogP contribution in [-0.4, -0.2) is 23.6 Å². The number of carbonyl (C=O) groups is 2. The highest BCUT2D eigenvalue weighted by Crippen LogP contribution is 2.37. The molecule has 6 heteroatoms. The van der Waals surface area contributed by atoms with E-state index in [0.29, 0.717) is 17.1 Å². The average molecular weight is 361 g/mol. The molecule has 0 fully saturated rings. The van der Waals surface area contributed by atoms with Crippen molar-refractivity contribution in [1.29, 1.82) is 0 Å². The Hall–Kier alpha value is -1.98. The number of nitrogens with one attached hydrogen (secondary N) is 1. The molecule has 124 valence electrons. The molecule has 2 aromatic rings. The average Bonchev–Trinajstić information content (AvgIpc) is 2.64. The van der Waals surface area contributed by atoms with Crippen LogP contribution >= 0.6 is 23.4 Å². The SMILES string of the molecule is C[C@@H]1CC(=O)N(CC(=O)Nc2cccc(Cl)c2)c2ccccc2S1. The van der Waals surface area contributed by atoms with Crippen molar-refractivity contribution in [2.24, 2.45) is 0 Å². The van der Waals surface area contributed by atoms with Crippen molar-refractivity contribution in [1.82, 2.24) is 0 Å². The van der Waals surface area contributed by atoms with Crippen LogP contribution < -0.4 is 10.2 Å². The summed E-state index contributed by atoms with van der Waals surface area (Å²) in [5, 5.41) is 3.52. The predicted octanol–water partition coefficient (Wildman–Crippen LogP) is 4.20. The Bertz CT molecular complexity index is 781. The van der Waals surface area contributed by atoms with E-state index in [4.69, 9.17) is 11.6 Å². The molecule has 0 radical (unpaired) electrons. The molecule has 0 aliphatic carbocycles. The third-order valence-electron chi connectivity index (χ3n) is 3.66. The van der Waals surface area contributed by atoms with E-state index in [9.17, 15) is 9.59 Å². The van der Waals surface area contributed by atoms with Gasteiger partial charge >= 0.3 is 0 Å². The van der Waals surface area contributed by atoms with E-state index in [1.165, 1.54) is 0 Å². The maximum atomic E-state index is 12.5. The number of halogens is 1. The summed E-state index contributed by atoms with van der Waals surface area (Å²) in [6, 6.07) is 14.6. The molecule has 4 nitrogen and oxygen atoms in total. The van der Waals surface area contributed by atoms with E-state index >= 15 is 0 Å². The van der Waals surface area contributed by atoms with Crippen molar-refractivity contribution < 1.29 is 9.59 Å². The zero-order valence-corrected chi connectivity index (χ0v) is 14.7. The van der Waals surface area contributed by atoms with Crippen molar-refractivity contribution in [3.05, 3.63) is 53.6 Å². The fourth-order valence-electron chi connectivity index (χ4n) is 2.61. The molecule has 1 atom stereocenters. The van der Waals surface area contributed by atoms with Gasteiger partial charge in [0.15, 0.2) is 0 Å². The highest BCUT2D eigenvalue weighted by molar-refractivity contribution is 8.00. The Morgan fingerprint density at radius 1 is 1.29 bits per heavy atom. The van der Waals surface area contributed by atoms with Crippen LogP contribution in [0.5, 0.6) is 0 Å². The molecule has 0 bridgehead atoms. The number of thioether (sulfide) groups is 1. The number of rotatable bonds is 3. The van der Waals surface area contributed by atoms with Crippen LogP contribution in [0.25, 0.3) is 0 Å². The van der Waals surface area contributed by atoms with Crippen molar-refractivity contribution in [2.75, 3.05) is 16.8 Å². The Morgan fingerprint density at radius 3 is 2.88 bits per heavy atom. The van der Waals surface area contributed by atoms with Crippen molar-refractivity contribution in [3.63, 3.8) is 0 Å². The summed E-state index contributed by atoms with van der Waals surface area (Å²) in [6.45, 7) is 2.00. The molecule has 0 saturated heterocycles. The van der Waals surface area contributed by atoms with Gasteiger partial charge in [-0.3, -0.25) is 9.59 Å². The summed E-state index contributed by atoms with van der Waals surface area (Å²) in [7, 11) is 0. The highest BCUT2D eigenvalue weighted by atomic mass is 35.5. The van der Waals surface area contributed by atoms with E-state index in [1.54, 1.807) is 40.9 Å². The number of benzene rings is 2. The Balaban J connectivity index is 1.80. The number of hydrogen-bond acceptors (Lipinski definition) is 3. The summed E-state index contributed by atoms with van der Waals surface area (Å²) in [5.74, 6) is -0.291. The number of amides is 2. The van der Waals surface area contributed by atoms with Crippen molar-refractivity contribution >= 4 is 46.6 Å². The van der Waals surface area contributed by atoms with Gasteiger partial charge < -0.3 is 10.2 Å². The van der Waals surface area contributed by atoms with Crippen LogP contribution in [0.15, 0.2) is 53.4 Å². The first-order valence-corrected chi connectivity index (χ1v) is 8.90. The molecule has 3 rings (SSSR count). The van der Waals surface area contributed by atoms with Crippen LogP contribution in [0, 0.1) is 0 Å². The van der Waals surface area contributed by atoms with Crippen LogP contribution in [0.3, 0.4) is 0 Å². The summed E-state index contributed by atoms with van der Waals surface area (Å²) in [5.41, 5.74) is 1.41. The number of para-hydroxylation sites is 1. The lowest BCUT2D eigenvalue weighted by Crippen LogP contribution is -2.38. The molecule has 2 aromatic carbocycles. The number of nitrogens with zero attached hydrogens (tertiary/aromatic N) is 1. The molecule has 1 heterocycles. The third-order valence-corrected chi connectivity index (χ3v) is 5.06. The van der Waals surface area contributed by atoms with Gasteiger partial charge in [0, 0.05) is 27.3 Å². The largest absolute Gasteiger partial charge is 0.324 e. The van der Waals surface area contributed by atoms with E-state index in [-0.39, 0.29) is 23.6 Å². The van der Waals surface area contributed by atoms with Gasteiger partial charge in [0.2, 0.25) is 11.8 Å². The molecule has 1 aliphatic rings. The van der Waals surface area contributed by atoms with Gasteiger partial charge in [-0.2, -0.15) is 0 Å². The third kappa shape index (κ3) is 3.91. The summed E-state index contributed by atoms with van der Waals surface area (Å²) in [6.07, 6.45) is 0.407. The zero-order valence-electron chi connectivity index (χ0n) is 13.2. The molecular formula is C18H17ClN2O2S. The normalized spacial score (nSPS) is 17.2. The van der Waals surface area contributed by atoms with Crippen LogP contribution in [0.2, 0.25) is 5.02 Å². The van der Waals surface area contributed by atoms with E-state index < -0.39 is 0 Å². The van der Waals surface area contributed by atoms with E-state index in [0.717, 1.165) is 10.6 Å². The van der Waals surface area contributed by atoms with Gasteiger partial charge in [0.25, 0.3) is 0 Å². The smallest absolute Gasteiger partial charge is 0.244 e. The minimum Gasteiger partial charge on any atom is -0.324 e. The molecule has 1 N–H and O–H groups in total. The summed E-state index contributed by atoms with van der Waals surface area (Å²) < 4.78 is 0. The first-order valence-electron chi connectivity index (χ1n) is 7.64. The fraction of sp³-hybridized carbons (Fsp3) is 0.222. The minimum atomic E-state index is -0.250. The van der Waals surface area contributed by atoms with Crippen LogP contribution in [0.4, 0.5) is 11.4 Å². The first-order chi connectivity index (χ1) is 11.5. The lowest BCUT2D eigenvalue weighted by Gasteiger charge is -2.22. The van der Waals surface area contributed by atoms with Gasteiger partial charge in [-0.1, -0.05) is 36.7 Å². The maximum Gasteiger partial charge on any atom is 0.244 e. The van der Waals surface area contributed by atoms with Gasteiger partial charge in [-0.25, -0.2) is 0 Å². The molecule has 0 unspecified atom stereocenters. The Morgan fingerprint density at radius 2 is 2.08 bits per heavy atom. The van der Waals surface area contributed by atoms with Gasteiger partial charge in [0.05, 0.1) is 5.69 Å². The number of carbonyl (C=O) groups excluding carboxylic acids is 2. The first kappa shape index (κ1) is 16.9. The quantitative estimate of drug-likeness (QED) is 0.892. The second-order valence-electron chi connectivity index (χ2n) is 5.64. The van der Waals surface area contributed by atoms with Crippen LogP contribution in [-0.2, 0) is 9.59 Å². The molecule has 0 aromatic heterocycles. The summed E-state index contributed by atoms with van der Waals surface area (Å²) >= 11 is 7.59. The second kappa shape index (κ2) is 7.28. The zero-order chi connectivity index (χ0) is 17.1. The Labute approximate surface area is 150 Å². The molecule has 24 heavy (non-hydrogen) atoms. The number of anilines is 2. The molecule has 0 saturated carbocycles. The second-order valence-corrected chi connectivity index (χ2v) is 7.56. The summed E-state index contributed by atoms with van der Waals surface area (Å²) in [4.78, 5) is 27.5. The highest BCUT2D eigenvalue weighted by Gasteiger charge is 2.27. The van der Waals surface area contributed by atoms with Gasteiger partial charge in [-0.15, -0.1) is 11.8 Å². The number of hydrogen-bond donors (Lipinski definition) is 1. The molecule has 1 aliphatic heterocycles. The maximum absolute atomic E-state index is 12.5. The van der Waals surface area contributed by atoms with E-state index in [2.05, 4.69) is 5.32 Å². The standard InChI is InChI=1S/C18H17ClN2O2S/c1-12-9-18(23)21(15-7-2-3-8-16(15)24-12)11-17(22)20-14-6-4-5-13(19)10-14/h2-8,10,12H,9,11H2,1H3,(H,20,22)/t12-/m1/s1. The lowest BCUT2D eigenvalue weighted by atomic mass is 10.2. The lowest BCUT2D eigenvalue weighted by molar-refractivity contribution is -0.121.